The topological polar surface area (TPSA) is 0 Å². The van der Waals surface area contributed by atoms with Gasteiger partial charge in [-0.25, -0.2) is 0 Å². The fraction of sp³-hybridized carbons (Fsp3) is 0.600. The molecule has 0 saturated heterocycles. The molecule has 11 heavy (non-hydrogen) atoms. The van der Waals surface area contributed by atoms with Crippen LogP contribution < -0.4 is 0 Å². The summed E-state index contributed by atoms with van der Waals surface area (Å²) in [5, 5.41) is 0. The predicted molar refractivity (Wildman–Crippen MR) is 54.8 cm³/mol. The second-order valence-electron chi connectivity index (χ2n) is 3.98. The Kier molecular flexibility index (Phi) is 2.38. The molecule has 0 radical (unpaired) electrons. The molecule has 0 spiro atoms. The van der Waals surface area contributed by atoms with E-state index in [9.17, 15) is 0 Å². The maximum atomic E-state index is 2.43. The molecular weight excluding hydrogens is 148 g/mol. The zero-order valence-electron chi connectivity index (χ0n) is 8.23. The molecule has 0 heterocycles. The molecule has 1 atom stereocenters. The van der Waals surface area contributed by atoms with E-state index in [1.807, 2.05) is 0 Å². The lowest BCUT2D eigenvalue weighted by Gasteiger charge is -2.17. The van der Waals surface area contributed by atoms with Crippen LogP contribution in [0.5, 0.6) is 0 Å². The molecule has 0 fully saturated rings. The SMILES string of the molecule is CC1=CC(C)=C(C)C1[SiH](C)C. The lowest BCUT2D eigenvalue weighted by molar-refractivity contribution is 1.10. The van der Waals surface area contributed by atoms with Crippen LogP contribution in [0.2, 0.25) is 18.6 Å². The fourth-order valence-electron chi connectivity index (χ4n) is 2.16. The molecule has 62 valence electrons. The summed E-state index contributed by atoms with van der Waals surface area (Å²) >= 11 is 0. The van der Waals surface area contributed by atoms with Gasteiger partial charge in [-0.1, -0.05) is 35.9 Å². The molecule has 1 rings (SSSR count). The van der Waals surface area contributed by atoms with E-state index in [0.717, 1.165) is 5.54 Å². The van der Waals surface area contributed by atoms with Crippen LogP contribution in [0.1, 0.15) is 20.8 Å². The van der Waals surface area contributed by atoms with Crippen molar-refractivity contribution in [2.24, 2.45) is 0 Å². The third kappa shape index (κ3) is 1.48. The Morgan fingerprint density at radius 3 is 1.91 bits per heavy atom. The Morgan fingerprint density at radius 1 is 1.18 bits per heavy atom. The average molecular weight is 166 g/mol. The van der Waals surface area contributed by atoms with Crippen molar-refractivity contribution in [3.63, 3.8) is 0 Å². The van der Waals surface area contributed by atoms with Gasteiger partial charge in [0.2, 0.25) is 0 Å². The third-order valence-electron chi connectivity index (χ3n) is 2.69. The van der Waals surface area contributed by atoms with E-state index in [1.165, 1.54) is 5.57 Å². The molecule has 0 aromatic rings. The molecular formula is C10H18Si. The number of hydrogen-bond donors (Lipinski definition) is 0. The van der Waals surface area contributed by atoms with Crippen LogP contribution in [0.3, 0.4) is 0 Å². The second-order valence-corrected chi connectivity index (χ2v) is 7.13. The summed E-state index contributed by atoms with van der Waals surface area (Å²) in [6.07, 6.45) is 2.35. The van der Waals surface area contributed by atoms with Crippen molar-refractivity contribution in [2.75, 3.05) is 0 Å². The van der Waals surface area contributed by atoms with Crippen LogP contribution >= 0.6 is 0 Å². The van der Waals surface area contributed by atoms with Crippen LogP contribution in [0, 0.1) is 0 Å². The van der Waals surface area contributed by atoms with Gasteiger partial charge in [0.25, 0.3) is 0 Å². The molecule has 0 aromatic carbocycles. The first kappa shape index (κ1) is 8.79. The summed E-state index contributed by atoms with van der Waals surface area (Å²) in [5.74, 6) is 0. The van der Waals surface area contributed by atoms with E-state index in [0.29, 0.717) is 0 Å². The van der Waals surface area contributed by atoms with Gasteiger partial charge in [0.15, 0.2) is 0 Å². The summed E-state index contributed by atoms with van der Waals surface area (Å²) < 4.78 is 0. The average Bonchev–Trinajstić information content (AvgIpc) is 2.07. The standard InChI is InChI=1S/C10H18Si/c1-7-6-8(2)10(9(7)3)11(4)5/h6,10-11H,1-5H3. The summed E-state index contributed by atoms with van der Waals surface area (Å²) in [5.41, 5.74) is 5.59. The Labute approximate surface area is 71.6 Å². The van der Waals surface area contributed by atoms with Crippen molar-refractivity contribution < 1.29 is 0 Å². The van der Waals surface area contributed by atoms with E-state index in [1.54, 1.807) is 11.1 Å². The van der Waals surface area contributed by atoms with Gasteiger partial charge in [-0.05, 0) is 26.3 Å². The summed E-state index contributed by atoms with van der Waals surface area (Å²) in [6, 6.07) is 0. The lowest BCUT2D eigenvalue weighted by Crippen LogP contribution is -2.12. The number of rotatable bonds is 1. The Hall–Kier alpha value is -0.303. The highest BCUT2D eigenvalue weighted by Gasteiger charge is 2.23. The van der Waals surface area contributed by atoms with Crippen LogP contribution in [0.4, 0.5) is 0 Å². The van der Waals surface area contributed by atoms with Gasteiger partial charge in [0.05, 0.1) is 0 Å². The van der Waals surface area contributed by atoms with Gasteiger partial charge in [-0.2, -0.15) is 0 Å². The Morgan fingerprint density at radius 2 is 1.73 bits per heavy atom. The van der Waals surface area contributed by atoms with E-state index in [4.69, 9.17) is 0 Å². The maximum absolute atomic E-state index is 2.43. The first-order valence-electron chi connectivity index (χ1n) is 4.39. The first-order valence-corrected chi connectivity index (χ1v) is 7.37. The van der Waals surface area contributed by atoms with Gasteiger partial charge in [-0.3, -0.25) is 0 Å². The van der Waals surface area contributed by atoms with Gasteiger partial charge in [0, 0.05) is 8.80 Å². The summed E-state index contributed by atoms with van der Waals surface area (Å²) in [6.45, 7) is 11.7. The molecule has 0 N–H and O–H groups in total. The first-order chi connectivity index (χ1) is 5.04. The lowest BCUT2D eigenvalue weighted by atomic mass is 10.1. The van der Waals surface area contributed by atoms with Crippen LogP contribution in [0.25, 0.3) is 0 Å². The monoisotopic (exact) mass is 166 g/mol. The minimum Gasteiger partial charge on any atom is -0.0714 e. The van der Waals surface area contributed by atoms with Crippen LogP contribution in [-0.4, -0.2) is 8.80 Å². The second kappa shape index (κ2) is 2.98. The number of hydrogen-bond acceptors (Lipinski definition) is 0. The van der Waals surface area contributed by atoms with Crippen LogP contribution in [-0.2, 0) is 0 Å². The molecule has 0 aromatic heterocycles. The predicted octanol–water partition coefficient (Wildman–Crippen LogP) is 3.14. The highest BCUT2D eigenvalue weighted by molar-refractivity contribution is 6.59. The largest absolute Gasteiger partial charge is 0.0714 e. The quantitative estimate of drug-likeness (QED) is 0.525. The fourth-order valence-corrected chi connectivity index (χ4v) is 4.57. The molecule has 0 saturated carbocycles. The van der Waals surface area contributed by atoms with Crippen molar-refractivity contribution in [2.45, 2.75) is 39.4 Å². The highest BCUT2D eigenvalue weighted by atomic mass is 28.3. The summed E-state index contributed by atoms with van der Waals surface area (Å²) in [4.78, 5) is 0. The Bertz CT molecular complexity index is 221. The van der Waals surface area contributed by atoms with Crippen molar-refractivity contribution in [3.05, 3.63) is 22.8 Å². The van der Waals surface area contributed by atoms with Crippen molar-refractivity contribution in [1.82, 2.24) is 0 Å². The van der Waals surface area contributed by atoms with Gasteiger partial charge < -0.3 is 0 Å². The van der Waals surface area contributed by atoms with Crippen LogP contribution in [0.15, 0.2) is 22.8 Å². The molecule has 1 heteroatoms. The van der Waals surface area contributed by atoms with E-state index < -0.39 is 8.80 Å². The van der Waals surface area contributed by atoms with Crippen molar-refractivity contribution in [3.8, 4) is 0 Å². The van der Waals surface area contributed by atoms with E-state index in [-0.39, 0.29) is 0 Å². The smallest absolute Gasteiger partial charge is 0.0435 e. The molecule has 1 aliphatic rings. The van der Waals surface area contributed by atoms with Crippen molar-refractivity contribution in [1.29, 1.82) is 0 Å². The maximum Gasteiger partial charge on any atom is 0.0435 e. The van der Waals surface area contributed by atoms with Crippen molar-refractivity contribution >= 4 is 8.80 Å². The van der Waals surface area contributed by atoms with E-state index >= 15 is 0 Å². The van der Waals surface area contributed by atoms with E-state index in [2.05, 4.69) is 39.9 Å². The minimum atomic E-state index is -0.503. The number of allylic oxidation sites excluding steroid dienone is 4. The molecule has 0 nitrogen and oxygen atoms in total. The highest BCUT2D eigenvalue weighted by Crippen LogP contribution is 2.37. The summed E-state index contributed by atoms with van der Waals surface area (Å²) in [7, 11) is -0.503. The molecule has 0 amide bonds. The molecule has 1 unspecified atom stereocenters. The molecule has 1 aliphatic carbocycles. The van der Waals surface area contributed by atoms with Gasteiger partial charge in [0.1, 0.15) is 0 Å². The third-order valence-corrected chi connectivity index (χ3v) is 5.05. The Balaban J connectivity index is 2.91. The zero-order valence-corrected chi connectivity index (χ0v) is 9.39. The molecule has 0 aliphatic heterocycles. The van der Waals surface area contributed by atoms with Gasteiger partial charge in [-0.15, -0.1) is 0 Å². The minimum absolute atomic E-state index is 0.503. The zero-order chi connectivity index (χ0) is 8.59. The van der Waals surface area contributed by atoms with Gasteiger partial charge >= 0.3 is 0 Å². The molecule has 0 bridgehead atoms. The normalized spacial score (nSPS) is 24.9.